The molecule has 1 aliphatic carbocycles. The lowest BCUT2D eigenvalue weighted by molar-refractivity contribution is -0.115. The topological polar surface area (TPSA) is 89.5 Å². The molecule has 5 rings (SSSR count). The van der Waals surface area contributed by atoms with E-state index in [-0.39, 0.29) is 18.3 Å². The molecule has 0 radical (unpaired) electrons. The molecule has 130 valence electrons. The molecule has 1 amide bonds. The summed E-state index contributed by atoms with van der Waals surface area (Å²) < 4.78 is 3.66. The number of aryl methyl sites for hydroxylation is 1. The molecule has 1 fully saturated rings. The number of aromatic nitrogens is 6. The molecule has 0 unspecified atom stereocenters. The summed E-state index contributed by atoms with van der Waals surface area (Å²) in [6.45, 7) is 2.00. The second-order valence-corrected chi connectivity index (χ2v) is 6.65. The van der Waals surface area contributed by atoms with E-state index in [9.17, 15) is 4.79 Å². The normalized spacial score (nSPS) is 14.2. The van der Waals surface area contributed by atoms with Crippen molar-refractivity contribution >= 4 is 23.3 Å². The van der Waals surface area contributed by atoms with Crippen molar-refractivity contribution in [2.24, 2.45) is 0 Å². The molecule has 0 aromatic carbocycles. The van der Waals surface area contributed by atoms with Crippen LogP contribution in [-0.2, 0) is 11.2 Å². The predicted molar refractivity (Wildman–Crippen MR) is 95.0 cm³/mol. The summed E-state index contributed by atoms with van der Waals surface area (Å²) in [5, 5.41) is 7.18. The van der Waals surface area contributed by atoms with E-state index in [1.165, 1.54) is 0 Å². The first kappa shape index (κ1) is 15.0. The monoisotopic (exact) mass is 347 g/mol. The van der Waals surface area contributed by atoms with Crippen LogP contribution in [0.2, 0.25) is 0 Å². The zero-order chi connectivity index (χ0) is 17.7. The number of nitrogens with one attached hydrogen (secondary N) is 1. The van der Waals surface area contributed by atoms with Crippen molar-refractivity contribution in [3.05, 3.63) is 53.7 Å². The van der Waals surface area contributed by atoms with Crippen molar-refractivity contribution in [1.82, 2.24) is 29.0 Å². The highest BCUT2D eigenvalue weighted by atomic mass is 16.1. The van der Waals surface area contributed by atoms with Gasteiger partial charge < -0.3 is 4.40 Å². The average molecular weight is 347 g/mol. The summed E-state index contributed by atoms with van der Waals surface area (Å²) in [4.78, 5) is 25.4. The Balaban J connectivity index is 1.39. The predicted octanol–water partition coefficient (Wildman–Crippen LogP) is 2.14. The first-order valence-corrected chi connectivity index (χ1v) is 8.62. The third-order valence-corrected chi connectivity index (χ3v) is 4.67. The number of pyridine rings is 1. The SMILES string of the molecule is Cc1cccn2c(CC(=O)Nc3nc4nccc(C5CC5)n4n3)cnc12. The minimum absolute atomic E-state index is 0.183. The number of amides is 1. The smallest absolute Gasteiger partial charge is 0.254 e. The molecule has 26 heavy (non-hydrogen) atoms. The number of carbonyl (C=O) groups excluding carboxylic acids is 1. The Morgan fingerprint density at radius 3 is 3.04 bits per heavy atom. The van der Waals surface area contributed by atoms with Crippen LogP contribution < -0.4 is 5.32 Å². The van der Waals surface area contributed by atoms with Crippen LogP contribution in [0.4, 0.5) is 5.95 Å². The minimum Gasteiger partial charge on any atom is -0.303 e. The van der Waals surface area contributed by atoms with Crippen molar-refractivity contribution in [2.45, 2.75) is 32.1 Å². The van der Waals surface area contributed by atoms with E-state index in [0.29, 0.717) is 11.7 Å². The Morgan fingerprint density at radius 1 is 1.31 bits per heavy atom. The number of carbonyl (C=O) groups is 1. The highest BCUT2D eigenvalue weighted by Crippen LogP contribution is 2.39. The van der Waals surface area contributed by atoms with Crippen LogP contribution in [0.25, 0.3) is 11.4 Å². The fraction of sp³-hybridized carbons (Fsp3) is 0.278. The van der Waals surface area contributed by atoms with Crippen LogP contribution in [0.15, 0.2) is 36.8 Å². The molecular weight excluding hydrogens is 330 g/mol. The number of anilines is 1. The molecule has 4 heterocycles. The van der Waals surface area contributed by atoms with E-state index in [0.717, 1.165) is 35.4 Å². The molecule has 4 aromatic heterocycles. The number of imidazole rings is 1. The molecule has 1 saturated carbocycles. The maximum atomic E-state index is 12.5. The molecule has 1 N–H and O–H groups in total. The highest BCUT2D eigenvalue weighted by molar-refractivity contribution is 5.90. The van der Waals surface area contributed by atoms with Gasteiger partial charge in [0.1, 0.15) is 5.65 Å². The first-order valence-electron chi connectivity index (χ1n) is 8.62. The summed E-state index contributed by atoms with van der Waals surface area (Å²) in [6.07, 6.45) is 7.90. The molecule has 8 nitrogen and oxygen atoms in total. The van der Waals surface area contributed by atoms with Gasteiger partial charge in [0.15, 0.2) is 0 Å². The molecule has 0 aliphatic heterocycles. The number of nitrogens with zero attached hydrogens (tertiary/aromatic N) is 6. The van der Waals surface area contributed by atoms with Gasteiger partial charge in [0.2, 0.25) is 5.91 Å². The minimum atomic E-state index is -0.183. The molecule has 4 aromatic rings. The summed E-state index contributed by atoms with van der Waals surface area (Å²) in [5.74, 6) is 1.13. The van der Waals surface area contributed by atoms with E-state index >= 15 is 0 Å². The second-order valence-electron chi connectivity index (χ2n) is 6.65. The number of rotatable bonds is 4. The lowest BCUT2D eigenvalue weighted by atomic mass is 10.3. The van der Waals surface area contributed by atoms with Gasteiger partial charge in [0.05, 0.1) is 17.8 Å². The van der Waals surface area contributed by atoms with Crippen molar-refractivity contribution in [1.29, 1.82) is 0 Å². The summed E-state index contributed by atoms with van der Waals surface area (Å²) >= 11 is 0. The Hall–Kier alpha value is -3.29. The molecule has 0 atom stereocenters. The van der Waals surface area contributed by atoms with Gasteiger partial charge in [-0.05, 0) is 37.5 Å². The third kappa shape index (κ3) is 2.50. The van der Waals surface area contributed by atoms with Crippen LogP contribution in [-0.4, -0.2) is 34.9 Å². The molecule has 8 heteroatoms. The Morgan fingerprint density at radius 2 is 2.19 bits per heavy atom. The van der Waals surface area contributed by atoms with Crippen LogP contribution >= 0.6 is 0 Å². The van der Waals surface area contributed by atoms with Gasteiger partial charge in [-0.3, -0.25) is 10.1 Å². The molecule has 0 bridgehead atoms. The maximum absolute atomic E-state index is 12.5. The second kappa shape index (κ2) is 5.62. The van der Waals surface area contributed by atoms with E-state index < -0.39 is 0 Å². The Kier molecular flexibility index (Phi) is 3.24. The Labute approximate surface area is 148 Å². The molecule has 1 aliphatic rings. The van der Waals surface area contributed by atoms with E-state index in [4.69, 9.17) is 0 Å². The standard InChI is InChI=1S/C18H17N7O/c1-11-3-2-8-24-13(10-20-16(11)24)9-15(26)21-17-22-18-19-7-6-14(12-4-5-12)25(18)23-17/h2-3,6-8,10,12H,4-5,9H2,1H3,(H,21,23,26). The van der Waals surface area contributed by atoms with Crippen molar-refractivity contribution in [3.8, 4) is 0 Å². The summed E-state index contributed by atoms with van der Waals surface area (Å²) in [6, 6.07) is 5.91. The van der Waals surface area contributed by atoms with Crippen LogP contribution in [0.5, 0.6) is 0 Å². The lowest BCUT2D eigenvalue weighted by Crippen LogP contribution is -2.16. The molecule has 0 saturated heterocycles. The van der Waals surface area contributed by atoms with E-state index in [2.05, 4.69) is 25.4 Å². The zero-order valence-corrected chi connectivity index (χ0v) is 14.3. The van der Waals surface area contributed by atoms with Crippen molar-refractivity contribution < 1.29 is 4.79 Å². The van der Waals surface area contributed by atoms with Gasteiger partial charge in [-0.1, -0.05) is 6.07 Å². The quantitative estimate of drug-likeness (QED) is 0.611. The number of hydrogen-bond acceptors (Lipinski definition) is 5. The first-order chi connectivity index (χ1) is 12.7. The van der Waals surface area contributed by atoms with Crippen molar-refractivity contribution in [2.75, 3.05) is 5.32 Å². The fourth-order valence-electron chi connectivity index (χ4n) is 3.22. The lowest BCUT2D eigenvalue weighted by Gasteiger charge is -2.03. The van der Waals surface area contributed by atoms with Crippen LogP contribution in [0.3, 0.4) is 0 Å². The van der Waals surface area contributed by atoms with Gasteiger partial charge in [-0.15, -0.1) is 5.10 Å². The van der Waals surface area contributed by atoms with Crippen molar-refractivity contribution in [3.63, 3.8) is 0 Å². The third-order valence-electron chi connectivity index (χ3n) is 4.67. The summed E-state index contributed by atoms with van der Waals surface area (Å²) in [5.41, 5.74) is 3.85. The van der Waals surface area contributed by atoms with Gasteiger partial charge in [-0.25, -0.2) is 9.97 Å². The highest BCUT2D eigenvalue weighted by Gasteiger charge is 2.27. The van der Waals surface area contributed by atoms with E-state index in [1.54, 1.807) is 16.9 Å². The largest absolute Gasteiger partial charge is 0.303 e. The number of fused-ring (bicyclic) bond motifs is 2. The molecular formula is C18H17N7O. The Bertz CT molecular complexity index is 1140. The van der Waals surface area contributed by atoms with Gasteiger partial charge >= 0.3 is 0 Å². The van der Waals surface area contributed by atoms with Gasteiger partial charge in [0, 0.05) is 24.5 Å². The molecule has 0 spiro atoms. The average Bonchev–Trinajstić information content (AvgIpc) is 3.26. The summed E-state index contributed by atoms with van der Waals surface area (Å²) in [7, 11) is 0. The fourth-order valence-corrected chi connectivity index (χ4v) is 3.22. The van der Waals surface area contributed by atoms with E-state index in [1.807, 2.05) is 35.7 Å². The zero-order valence-electron chi connectivity index (χ0n) is 14.3. The van der Waals surface area contributed by atoms with Gasteiger partial charge in [-0.2, -0.15) is 9.50 Å². The number of hydrogen-bond donors (Lipinski definition) is 1. The van der Waals surface area contributed by atoms with Gasteiger partial charge in [0.25, 0.3) is 11.7 Å². The maximum Gasteiger partial charge on any atom is 0.254 e. The van der Waals surface area contributed by atoms with Crippen LogP contribution in [0, 0.1) is 6.92 Å². The van der Waals surface area contributed by atoms with Crippen LogP contribution in [0.1, 0.15) is 35.7 Å².